The number of nitrogens with one attached hydrogen (secondary N) is 3. The van der Waals surface area contributed by atoms with Crippen LogP contribution < -0.4 is 10.0 Å². The Morgan fingerprint density at radius 3 is 3.19 bits per heavy atom. The summed E-state index contributed by atoms with van der Waals surface area (Å²) in [6, 6.07) is 8.44. The molecule has 4 rings (SSSR count). The molecule has 2 unspecified atom stereocenters. The molecule has 3 N–H and O–H groups in total. The number of aromatic amines is 1. The summed E-state index contributed by atoms with van der Waals surface area (Å²) in [4.78, 5) is 1.30. The number of anilines is 2. The lowest BCUT2D eigenvalue weighted by Crippen LogP contribution is -1.95. The standard InChI is InChI=1S/C15H18N4OS/c1-9-4-13(20-8-9)12-6-15(19-18-12)17-11-2-3-14-10(5-11)7-16-21-14/h2-3,5-6,9,13,16H,4,7-8H2,1H3,(H2,17,18,19). The van der Waals surface area contributed by atoms with Crippen molar-refractivity contribution in [1.29, 1.82) is 0 Å². The monoisotopic (exact) mass is 302 g/mol. The predicted molar refractivity (Wildman–Crippen MR) is 83.5 cm³/mol. The molecule has 6 heteroatoms. The molecule has 3 heterocycles. The fraction of sp³-hybridized carbons (Fsp3) is 0.400. The number of H-pyrrole nitrogens is 1. The van der Waals surface area contributed by atoms with Gasteiger partial charge in [-0.1, -0.05) is 6.92 Å². The third-order valence-corrected chi connectivity index (χ3v) is 4.83. The van der Waals surface area contributed by atoms with E-state index < -0.39 is 0 Å². The summed E-state index contributed by atoms with van der Waals surface area (Å²) in [7, 11) is 0. The SMILES string of the molecule is CC1COC(c2cc(Nc3ccc4c(c3)CNS4)n[nH]2)C1. The lowest BCUT2D eigenvalue weighted by Gasteiger charge is -2.05. The van der Waals surface area contributed by atoms with Crippen LogP contribution in [-0.4, -0.2) is 16.8 Å². The molecule has 2 aliphatic heterocycles. The van der Waals surface area contributed by atoms with E-state index in [9.17, 15) is 0 Å². The Morgan fingerprint density at radius 2 is 2.33 bits per heavy atom. The van der Waals surface area contributed by atoms with E-state index in [4.69, 9.17) is 4.74 Å². The van der Waals surface area contributed by atoms with Gasteiger partial charge in [0.25, 0.3) is 0 Å². The van der Waals surface area contributed by atoms with Crippen LogP contribution in [0.3, 0.4) is 0 Å². The maximum Gasteiger partial charge on any atom is 0.152 e. The average Bonchev–Trinajstić information content (AvgIpc) is 3.18. The third-order valence-electron chi connectivity index (χ3n) is 3.92. The number of hydrogen-bond donors (Lipinski definition) is 3. The van der Waals surface area contributed by atoms with E-state index in [0.717, 1.165) is 36.8 Å². The van der Waals surface area contributed by atoms with Gasteiger partial charge in [0, 0.05) is 23.2 Å². The van der Waals surface area contributed by atoms with Crippen molar-refractivity contribution in [1.82, 2.24) is 14.9 Å². The van der Waals surface area contributed by atoms with E-state index in [1.54, 1.807) is 11.9 Å². The number of hydrogen-bond acceptors (Lipinski definition) is 5. The molecule has 2 atom stereocenters. The van der Waals surface area contributed by atoms with E-state index in [1.807, 2.05) is 6.07 Å². The second kappa shape index (κ2) is 5.36. The highest BCUT2D eigenvalue weighted by molar-refractivity contribution is 7.97. The van der Waals surface area contributed by atoms with Crippen LogP contribution in [-0.2, 0) is 11.3 Å². The highest BCUT2D eigenvalue weighted by Gasteiger charge is 2.25. The zero-order valence-corrected chi connectivity index (χ0v) is 12.7. The number of fused-ring (bicyclic) bond motifs is 1. The molecule has 1 saturated heterocycles. The normalized spacial score (nSPS) is 24.2. The topological polar surface area (TPSA) is 62.0 Å². The van der Waals surface area contributed by atoms with Crippen molar-refractivity contribution >= 4 is 23.5 Å². The van der Waals surface area contributed by atoms with Crippen molar-refractivity contribution in [2.24, 2.45) is 5.92 Å². The van der Waals surface area contributed by atoms with E-state index >= 15 is 0 Å². The molecule has 2 aromatic rings. The van der Waals surface area contributed by atoms with Gasteiger partial charge in [-0.05, 0) is 48.0 Å². The number of nitrogens with zero attached hydrogens (tertiary/aromatic N) is 1. The predicted octanol–water partition coefficient (Wildman–Crippen LogP) is 3.36. The van der Waals surface area contributed by atoms with E-state index in [1.165, 1.54) is 10.5 Å². The van der Waals surface area contributed by atoms with Gasteiger partial charge in [-0.3, -0.25) is 9.82 Å². The fourth-order valence-electron chi connectivity index (χ4n) is 2.80. The second-order valence-corrected chi connectivity index (χ2v) is 6.67. The minimum Gasteiger partial charge on any atom is -0.372 e. The van der Waals surface area contributed by atoms with Gasteiger partial charge in [-0.15, -0.1) is 0 Å². The lowest BCUT2D eigenvalue weighted by atomic mass is 10.1. The number of aromatic nitrogens is 2. The summed E-state index contributed by atoms with van der Waals surface area (Å²) in [5, 5.41) is 10.8. The molecule has 110 valence electrons. The van der Waals surface area contributed by atoms with Gasteiger partial charge >= 0.3 is 0 Å². The Hall–Kier alpha value is -1.50. The molecular formula is C15H18N4OS. The van der Waals surface area contributed by atoms with Crippen molar-refractivity contribution in [3.8, 4) is 0 Å². The van der Waals surface area contributed by atoms with Crippen LogP contribution in [0.25, 0.3) is 0 Å². The molecule has 1 aromatic carbocycles. The summed E-state index contributed by atoms with van der Waals surface area (Å²) < 4.78 is 9.04. The van der Waals surface area contributed by atoms with Gasteiger partial charge in [0.2, 0.25) is 0 Å². The third kappa shape index (κ3) is 2.66. The summed E-state index contributed by atoms with van der Waals surface area (Å²) >= 11 is 1.69. The zero-order valence-electron chi connectivity index (χ0n) is 11.8. The van der Waals surface area contributed by atoms with Crippen LogP contribution in [0.5, 0.6) is 0 Å². The smallest absolute Gasteiger partial charge is 0.152 e. The summed E-state index contributed by atoms with van der Waals surface area (Å²) in [6.45, 7) is 3.96. The van der Waals surface area contributed by atoms with Gasteiger partial charge in [0.05, 0.1) is 18.4 Å². The molecular weight excluding hydrogens is 284 g/mol. The van der Waals surface area contributed by atoms with Gasteiger partial charge in [0.15, 0.2) is 5.82 Å². The van der Waals surface area contributed by atoms with Crippen molar-refractivity contribution in [2.45, 2.75) is 30.9 Å². The first kappa shape index (κ1) is 13.2. The largest absolute Gasteiger partial charge is 0.372 e. The van der Waals surface area contributed by atoms with Gasteiger partial charge in [-0.25, -0.2) is 0 Å². The molecule has 21 heavy (non-hydrogen) atoms. The molecule has 5 nitrogen and oxygen atoms in total. The van der Waals surface area contributed by atoms with Crippen LogP contribution in [0, 0.1) is 5.92 Å². The molecule has 0 saturated carbocycles. The second-order valence-electron chi connectivity index (χ2n) is 5.74. The first-order valence-corrected chi connectivity index (χ1v) is 8.06. The van der Waals surface area contributed by atoms with Crippen LogP contribution in [0.4, 0.5) is 11.5 Å². The number of benzene rings is 1. The van der Waals surface area contributed by atoms with Crippen LogP contribution in [0.1, 0.15) is 30.7 Å². The van der Waals surface area contributed by atoms with Gasteiger partial charge in [-0.2, -0.15) is 5.10 Å². The quantitative estimate of drug-likeness (QED) is 0.759. The highest BCUT2D eigenvalue weighted by atomic mass is 32.2. The summed E-state index contributed by atoms with van der Waals surface area (Å²) in [5.41, 5.74) is 3.45. The first-order valence-electron chi connectivity index (χ1n) is 7.24. The Morgan fingerprint density at radius 1 is 1.38 bits per heavy atom. The summed E-state index contributed by atoms with van der Waals surface area (Å²) in [5.74, 6) is 1.46. The number of rotatable bonds is 3. The zero-order chi connectivity index (χ0) is 14.2. The van der Waals surface area contributed by atoms with Crippen molar-refractivity contribution in [2.75, 3.05) is 11.9 Å². The van der Waals surface area contributed by atoms with E-state index in [-0.39, 0.29) is 6.10 Å². The molecule has 0 bridgehead atoms. The highest BCUT2D eigenvalue weighted by Crippen LogP contribution is 2.33. The molecule has 2 aliphatic rings. The molecule has 0 amide bonds. The minimum atomic E-state index is 0.156. The number of ether oxygens (including phenoxy) is 1. The van der Waals surface area contributed by atoms with E-state index in [0.29, 0.717) is 5.92 Å². The summed E-state index contributed by atoms with van der Waals surface area (Å²) in [6.07, 6.45) is 1.22. The lowest BCUT2D eigenvalue weighted by molar-refractivity contribution is 0.105. The average molecular weight is 302 g/mol. The van der Waals surface area contributed by atoms with Crippen molar-refractivity contribution < 1.29 is 4.74 Å². The van der Waals surface area contributed by atoms with Crippen LogP contribution in [0.2, 0.25) is 0 Å². The van der Waals surface area contributed by atoms with E-state index in [2.05, 4.69) is 45.4 Å². The van der Waals surface area contributed by atoms with Gasteiger partial charge in [0.1, 0.15) is 0 Å². The fourth-order valence-corrected chi connectivity index (χ4v) is 3.58. The van der Waals surface area contributed by atoms with Crippen molar-refractivity contribution in [3.05, 3.63) is 35.5 Å². The first-order chi connectivity index (χ1) is 10.3. The molecule has 0 radical (unpaired) electrons. The Kier molecular flexibility index (Phi) is 3.37. The Labute approximate surface area is 128 Å². The Balaban J connectivity index is 1.49. The maximum absolute atomic E-state index is 5.77. The molecule has 0 aliphatic carbocycles. The van der Waals surface area contributed by atoms with Crippen molar-refractivity contribution in [3.63, 3.8) is 0 Å². The van der Waals surface area contributed by atoms with Gasteiger partial charge < -0.3 is 10.1 Å². The van der Waals surface area contributed by atoms with Crippen LogP contribution >= 0.6 is 11.9 Å². The molecule has 1 aromatic heterocycles. The molecule has 1 fully saturated rings. The maximum atomic E-state index is 5.77. The minimum absolute atomic E-state index is 0.156. The Bertz CT molecular complexity index is 657. The molecule has 0 spiro atoms. The van der Waals surface area contributed by atoms with Crippen LogP contribution in [0.15, 0.2) is 29.2 Å².